The van der Waals surface area contributed by atoms with Gasteiger partial charge in [0.05, 0.1) is 12.4 Å². The normalized spacial score (nSPS) is 14.4. The molecule has 344 valence electrons. The van der Waals surface area contributed by atoms with Crippen LogP contribution < -0.4 is 38.1 Å². The van der Waals surface area contributed by atoms with Crippen molar-refractivity contribution in [1.82, 2.24) is 46.5 Å². The number of aliphatic carboxylic acids is 1. The first-order valence-corrected chi connectivity index (χ1v) is 21.9. The molecule has 13 N–H and O–H groups in total. The van der Waals surface area contributed by atoms with Crippen molar-refractivity contribution in [3.05, 3.63) is 90.3 Å². The monoisotopic (exact) mass is 881 g/mol. The van der Waals surface area contributed by atoms with Crippen molar-refractivity contribution >= 4 is 57.3 Å². The van der Waals surface area contributed by atoms with E-state index in [4.69, 9.17) is 11.5 Å². The number of H-pyrrole nitrogens is 3. The number of para-hydroxylation sites is 2. The third-order valence-electron chi connectivity index (χ3n) is 11.0. The fraction of sp³-hybridized carbons (Fsp3) is 0.457. The van der Waals surface area contributed by atoms with Gasteiger partial charge in [-0.3, -0.25) is 24.0 Å². The van der Waals surface area contributed by atoms with Crippen LogP contribution in [0.25, 0.3) is 21.8 Å². The number of fused-ring (bicyclic) bond motifs is 2. The number of hydrogen-bond acceptors (Lipinski definition) is 9. The van der Waals surface area contributed by atoms with Gasteiger partial charge in [0.15, 0.2) is 0 Å². The fourth-order valence-corrected chi connectivity index (χ4v) is 7.69. The van der Waals surface area contributed by atoms with Gasteiger partial charge in [0.25, 0.3) is 0 Å². The summed E-state index contributed by atoms with van der Waals surface area (Å²) < 4.78 is 0. The summed E-state index contributed by atoms with van der Waals surface area (Å²) in [6, 6.07) is 8.00. The molecule has 0 saturated heterocycles. The molecule has 0 saturated carbocycles. The van der Waals surface area contributed by atoms with E-state index < -0.39 is 71.8 Å². The molecule has 64 heavy (non-hydrogen) atoms. The van der Waals surface area contributed by atoms with Gasteiger partial charge in [0.2, 0.25) is 29.5 Å². The molecule has 5 rings (SSSR count). The van der Waals surface area contributed by atoms with E-state index in [0.717, 1.165) is 21.8 Å². The number of carbonyl (C=O) groups is 6. The maximum absolute atomic E-state index is 14.5. The van der Waals surface area contributed by atoms with Crippen LogP contribution in [0.4, 0.5) is 0 Å². The van der Waals surface area contributed by atoms with Gasteiger partial charge in [-0.1, -0.05) is 70.5 Å². The highest BCUT2D eigenvalue weighted by Crippen LogP contribution is 2.21. The van der Waals surface area contributed by atoms with Gasteiger partial charge >= 0.3 is 5.97 Å². The van der Waals surface area contributed by atoms with Gasteiger partial charge in [-0.05, 0) is 67.3 Å². The number of aromatic nitrogens is 4. The number of amides is 5. The standard InChI is InChI=1S/C46H63N11O7/c1-26(2)17-36(55-45(62)39(21-30-24-49-25-52-30)53-41(58)33(48)13-9-10-16-47)42(59)56-38(19-28-22-50-34-14-7-5-11-31(28)34)44(61)54-37(18-27(3)4)43(60)57-40(46(63)64)20-29-23-51-35-15-8-6-12-32(29)35/h5-8,11-12,14-15,22-27,33,36-40,50-51H,9-10,13,16-21,47-48H2,1-4H3,(H,49,52)(H,53,58)(H,54,61)(H,55,62)(H,56,59)(H,57,60)(H,63,64)/t33-,36-,37-,38+,39+,40+/m1/s1. The van der Waals surface area contributed by atoms with E-state index in [-0.39, 0.29) is 43.9 Å². The highest BCUT2D eigenvalue weighted by Gasteiger charge is 2.34. The molecule has 18 nitrogen and oxygen atoms in total. The van der Waals surface area contributed by atoms with Crippen LogP contribution in [0.5, 0.6) is 0 Å². The van der Waals surface area contributed by atoms with Crippen molar-refractivity contribution in [2.24, 2.45) is 23.3 Å². The molecule has 0 radical (unpaired) electrons. The quantitative estimate of drug-likeness (QED) is 0.0381. The summed E-state index contributed by atoms with van der Waals surface area (Å²) in [4.78, 5) is 96.0. The number of carbonyl (C=O) groups excluding carboxylic acids is 5. The number of benzene rings is 2. The number of aromatic amines is 3. The number of carboxylic acid groups (broad SMARTS) is 1. The zero-order valence-electron chi connectivity index (χ0n) is 36.9. The lowest BCUT2D eigenvalue weighted by atomic mass is 9.98. The van der Waals surface area contributed by atoms with Crippen molar-refractivity contribution in [3.8, 4) is 0 Å². The first kappa shape index (κ1) is 48.5. The van der Waals surface area contributed by atoms with Gasteiger partial charge < -0.3 is 58.1 Å². The van der Waals surface area contributed by atoms with Crippen LogP contribution >= 0.6 is 0 Å². The van der Waals surface area contributed by atoms with E-state index in [1.807, 2.05) is 76.2 Å². The van der Waals surface area contributed by atoms with Crippen LogP contribution in [0.1, 0.15) is 76.6 Å². The molecule has 18 heteroatoms. The molecule has 2 aromatic carbocycles. The molecule has 0 bridgehead atoms. The summed E-state index contributed by atoms with van der Waals surface area (Å²) in [6.45, 7) is 7.96. The molecule has 3 aromatic heterocycles. The number of carboxylic acids is 1. The minimum Gasteiger partial charge on any atom is -0.480 e. The molecule has 0 aliphatic carbocycles. The Balaban J connectivity index is 1.38. The van der Waals surface area contributed by atoms with Crippen molar-refractivity contribution in [2.45, 2.75) is 115 Å². The second kappa shape index (κ2) is 23.2. The second-order valence-electron chi connectivity index (χ2n) is 17.2. The predicted molar refractivity (Wildman–Crippen MR) is 243 cm³/mol. The van der Waals surface area contributed by atoms with Gasteiger partial charge in [-0.25, -0.2) is 9.78 Å². The summed E-state index contributed by atoms with van der Waals surface area (Å²) >= 11 is 0. The number of imidazole rings is 1. The average Bonchev–Trinajstić information content (AvgIpc) is 4.03. The number of nitrogens with two attached hydrogens (primary N) is 2. The van der Waals surface area contributed by atoms with Crippen LogP contribution in [-0.2, 0) is 48.0 Å². The smallest absolute Gasteiger partial charge is 0.326 e. The maximum Gasteiger partial charge on any atom is 0.326 e. The van der Waals surface area contributed by atoms with Gasteiger partial charge in [-0.15, -0.1) is 0 Å². The molecular formula is C46H63N11O7. The zero-order valence-corrected chi connectivity index (χ0v) is 36.9. The summed E-state index contributed by atoms with van der Waals surface area (Å²) in [7, 11) is 0. The third-order valence-corrected chi connectivity index (χ3v) is 11.0. The zero-order chi connectivity index (χ0) is 46.3. The maximum atomic E-state index is 14.5. The van der Waals surface area contributed by atoms with Crippen molar-refractivity contribution < 1.29 is 33.9 Å². The number of unbranched alkanes of at least 4 members (excludes halogenated alkanes) is 1. The molecule has 3 heterocycles. The fourth-order valence-electron chi connectivity index (χ4n) is 7.69. The molecule has 0 aliphatic rings. The number of nitrogens with zero attached hydrogens (tertiary/aromatic N) is 1. The first-order chi connectivity index (χ1) is 30.6. The van der Waals surface area contributed by atoms with E-state index in [9.17, 15) is 33.9 Å². The van der Waals surface area contributed by atoms with Crippen LogP contribution in [0, 0.1) is 11.8 Å². The molecule has 0 aliphatic heterocycles. The predicted octanol–water partition coefficient (Wildman–Crippen LogP) is 2.46. The van der Waals surface area contributed by atoms with E-state index in [2.05, 4.69) is 46.5 Å². The minimum absolute atomic E-state index is 0.00118. The molecular weight excluding hydrogens is 819 g/mol. The summed E-state index contributed by atoms with van der Waals surface area (Å²) in [6.07, 6.45) is 8.47. The molecule has 0 unspecified atom stereocenters. The van der Waals surface area contributed by atoms with Crippen molar-refractivity contribution in [1.29, 1.82) is 0 Å². The Morgan fingerprint density at radius 3 is 1.55 bits per heavy atom. The Labute approximate surface area is 372 Å². The van der Waals surface area contributed by atoms with E-state index >= 15 is 0 Å². The van der Waals surface area contributed by atoms with Crippen molar-refractivity contribution in [3.63, 3.8) is 0 Å². The first-order valence-electron chi connectivity index (χ1n) is 21.9. The molecule has 5 aromatic rings. The van der Waals surface area contributed by atoms with Crippen LogP contribution in [-0.4, -0.2) is 103 Å². The SMILES string of the molecule is CC(C)C[C@@H](NC(=O)[C@H](Cc1c[nH]c2ccccc12)NC(=O)[C@@H](CC(C)C)NC(=O)[C@H](Cc1cnc[nH]1)NC(=O)[C@H](N)CCCCN)C(=O)N[C@@H](Cc1c[nH]c2ccccc12)C(=O)O. The highest BCUT2D eigenvalue weighted by atomic mass is 16.4. The summed E-state index contributed by atoms with van der Waals surface area (Å²) in [5.74, 6) is -4.68. The van der Waals surface area contributed by atoms with E-state index in [0.29, 0.717) is 42.6 Å². The van der Waals surface area contributed by atoms with Crippen LogP contribution in [0.2, 0.25) is 0 Å². The second-order valence-corrected chi connectivity index (χ2v) is 17.2. The van der Waals surface area contributed by atoms with Gasteiger partial charge in [-0.2, -0.15) is 0 Å². The number of rotatable bonds is 25. The highest BCUT2D eigenvalue weighted by molar-refractivity contribution is 5.97. The van der Waals surface area contributed by atoms with Gasteiger partial charge in [0.1, 0.15) is 30.2 Å². The Bertz CT molecular complexity index is 2340. The topological polar surface area (TPSA) is 295 Å². The largest absolute Gasteiger partial charge is 0.480 e. The average molecular weight is 882 g/mol. The summed E-state index contributed by atoms with van der Waals surface area (Å²) in [5.41, 5.74) is 15.4. The van der Waals surface area contributed by atoms with E-state index in [1.54, 1.807) is 12.4 Å². The Morgan fingerprint density at radius 1 is 0.609 bits per heavy atom. The third kappa shape index (κ3) is 13.7. The lowest BCUT2D eigenvalue weighted by Gasteiger charge is -2.28. The van der Waals surface area contributed by atoms with Crippen LogP contribution in [0.3, 0.4) is 0 Å². The number of hydrogen-bond donors (Lipinski definition) is 11. The molecule has 0 spiro atoms. The minimum atomic E-state index is -1.31. The Morgan fingerprint density at radius 2 is 1.06 bits per heavy atom. The van der Waals surface area contributed by atoms with Crippen LogP contribution in [0.15, 0.2) is 73.4 Å². The molecule has 0 fully saturated rings. The number of nitrogens with one attached hydrogen (secondary N) is 8. The summed E-state index contributed by atoms with van der Waals surface area (Å²) in [5, 5.41) is 25.7. The molecule has 5 amide bonds. The Hall–Kier alpha value is -6.53. The van der Waals surface area contributed by atoms with Crippen molar-refractivity contribution in [2.75, 3.05) is 6.54 Å². The van der Waals surface area contributed by atoms with E-state index in [1.165, 1.54) is 12.5 Å². The molecule has 6 atom stereocenters. The lowest BCUT2D eigenvalue weighted by Crippen LogP contribution is -2.60. The Kier molecular flexibility index (Phi) is 17.6. The van der Waals surface area contributed by atoms with Gasteiger partial charge in [0, 0.05) is 65.4 Å². The lowest BCUT2D eigenvalue weighted by molar-refractivity contribution is -0.142.